The van der Waals surface area contributed by atoms with E-state index >= 15 is 0 Å². The van der Waals surface area contributed by atoms with E-state index in [2.05, 4.69) is 65.6 Å². The number of hydrogen-bond acceptors (Lipinski definition) is 3. The minimum Gasteiger partial charge on any atom is -0.507 e. The Hall–Kier alpha value is -1.81. The van der Waals surface area contributed by atoms with Crippen molar-refractivity contribution in [3.63, 3.8) is 0 Å². The Labute approximate surface area is 201 Å². The number of allylic oxidation sites excluding steroid dienone is 3. The number of hydrogen-bond donors (Lipinski definition) is 2. The molecule has 2 atom stereocenters. The Morgan fingerprint density at radius 1 is 1.25 bits per heavy atom. The monoisotopic (exact) mass is 457 g/mol. The predicted octanol–water partition coefficient (Wildman–Crippen LogP) is 7.97. The molecule has 0 amide bonds. The van der Waals surface area contributed by atoms with Gasteiger partial charge in [0.05, 0.1) is 0 Å². The third kappa shape index (κ3) is 7.37. The summed E-state index contributed by atoms with van der Waals surface area (Å²) in [7, 11) is 0. The van der Waals surface area contributed by atoms with Crippen LogP contribution in [0.15, 0.2) is 35.9 Å². The number of aromatic hydroxyl groups is 1. The zero-order valence-electron chi connectivity index (χ0n) is 21.0. The average molecular weight is 458 g/mol. The fourth-order valence-corrected chi connectivity index (χ4v) is 5.17. The lowest BCUT2D eigenvalue weighted by molar-refractivity contribution is 0.382. The molecule has 0 unspecified atom stereocenters. The van der Waals surface area contributed by atoms with Crippen LogP contribution in [-0.2, 0) is 6.42 Å². The van der Waals surface area contributed by atoms with Crippen LogP contribution in [-0.4, -0.2) is 15.8 Å². The summed E-state index contributed by atoms with van der Waals surface area (Å²) >= 11 is 5.61. The van der Waals surface area contributed by atoms with Crippen molar-refractivity contribution in [2.45, 2.75) is 104 Å². The number of benzene rings is 1. The summed E-state index contributed by atoms with van der Waals surface area (Å²) in [4.78, 5) is 0. The van der Waals surface area contributed by atoms with E-state index in [1.165, 1.54) is 18.4 Å². The first-order valence-corrected chi connectivity index (χ1v) is 12.7. The number of phenolic OH excluding ortho intramolecular Hbond substituents is 1. The van der Waals surface area contributed by atoms with E-state index in [0.717, 1.165) is 55.2 Å². The Kier molecular flexibility index (Phi) is 9.82. The van der Waals surface area contributed by atoms with Crippen molar-refractivity contribution in [3.8, 4) is 11.5 Å². The fraction of sp³-hybridized carbons (Fsp3) is 0.607. The summed E-state index contributed by atoms with van der Waals surface area (Å²) in [6, 6.07) is 4.00. The van der Waals surface area contributed by atoms with Crippen LogP contribution in [0.5, 0.6) is 11.5 Å². The average Bonchev–Trinajstić information content (AvgIpc) is 2.67. The van der Waals surface area contributed by atoms with E-state index in [4.69, 9.17) is 17.0 Å². The van der Waals surface area contributed by atoms with Gasteiger partial charge in [-0.2, -0.15) is 0 Å². The van der Waals surface area contributed by atoms with Gasteiger partial charge in [0.2, 0.25) is 0 Å². The summed E-state index contributed by atoms with van der Waals surface area (Å²) < 4.78 is 6.27. The number of unbranched alkanes of at least 4 members (excludes halogenated alkanes) is 2. The van der Waals surface area contributed by atoms with Crippen LogP contribution in [0, 0.1) is 5.92 Å². The van der Waals surface area contributed by atoms with Gasteiger partial charge in [0.25, 0.3) is 5.17 Å². The SMILES string of the molecule is C=C(C)[C@@H]1CCC(C)=C[C@H]1c1c(O)cc(CCCCC)cc1OC(=S)NC(C)(C)CCC. The molecule has 0 saturated heterocycles. The van der Waals surface area contributed by atoms with Gasteiger partial charge < -0.3 is 15.2 Å². The topological polar surface area (TPSA) is 41.5 Å². The lowest BCUT2D eigenvalue weighted by Crippen LogP contribution is -2.44. The number of nitrogens with one attached hydrogen (secondary N) is 1. The van der Waals surface area contributed by atoms with Crippen LogP contribution >= 0.6 is 12.2 Å². The summed E-state index contributed by atoms with van der Waals surface area (Å²) in [5, 5.41) is 14.9. The normalized spacial score (nSPS) is 18.8. The van der Waals surface area contributed by atoms with Gasteiger partial charge in [-0.1, -0.05) is 56.9 Å². The maximum Gasteiger partial charge on any atom is 0.262 e. The van der Waals surface area contributed by atoms with Gasteiger partial charge in [-0.3, -0.25) is 0 Å². The molecule has 178 valence electrons. The van der Waals surface area contributed by atoms with Gasteiger partial charge in [-0.15, -0.1) is 0 Å². The highest BCUT2D eigenvalue weighted by Gasteiger charge is 2.31. The van der Waals surface area contributed by atoms with Gasteiger partial charge in [-0.05, 0) is 95.6 Å². The largest absolute Gasteiger partial charge is 0.507 e. The standard InChI is InChI=1S/C28H43NO2S/c1-8-10-11-12-21-17-24(30)26(23-16-20(5)13-14-22(23)19(3)4)25(18-21)31-27(32)29-28(6,7)15-9-2/h16-18,22-23,30H,3,8-15H2,1-2,4-7H3,(H,29,32)/t22-,23+/m0/s1. The van der Waals surface area contributed by atoms with Crippen LogP contribution in [0.4, 0.5) is 0 Å². The number of ether oxygens (including phenoxy) is 1. The number of rotatable bonds is 10. The van der Waals surface area contributed by atoms with E-state index in [1.807, 2.05) is 6.07 Å². The first kappa shape index (κ1) is 26.4. The minimum absolute atomic E-state index is 0.0346. The van der Waals surface area contributed by atoms with Gasteiger partial charge in [0.15, 0.2) is 0 Å². The second-order valence-corrected chi connectivity index (χ2v) is 10.5. The maximum atomic E-state index is 11.2. The third-order valence-corrected chi connectivity index (χ3v) is 6.67. The molecule has 0 aliphatic heterocycles. The van der Waals surface area contributed by atoms with Crippen molar-refractivity contribution in [1.29, 1.82) is 0 Å². The molecule has 3 nitrogen and oxygen atoms in total. The molecule has 0 aromatic heterocycles. The van der Waals surface area contributed by atoms with Crippen molar-refractivity contribution < 1.29 is 9.84 Å². The Balaban J connectivity index is 2.46. The molecule has 0 fully saturated rings. The summed E-state index contributed by atoms with van der Waals surface area (Å²) in [5.74, 6) is 1.28. The fourth-order valence-electron chi connectivity index (χ4n) is 4.81. The molecular weight excluding hydrogens is 414 g/mol. The molecule has 4 heteroatoms. The highest BCUT2D eigenvalue weighted by molar-refractivity contribution is 7.80. The molecule has 2 N–H and O–H groups in total. The van der Waals surface area contributed by atoms with Crippen molar-refractivity contribution in [2.24, 2.45) is 5.92 Å². The molecular formula is C28H43NO2S. The molecule has 1 aromatic carbocycles. The first-order valence-electron chi connectivity index (χ1n) is 12.3. The number of thiocarbonyl (C=S) groups is 1. The van der Waals surface area contributed by atoms with E-state index in [-0.39, 0.29) is 17.4 Å². The van der Waals surface area contributed by atoms with E-state index in [9.17, 15) is 5.11 Å². The second-order valence-electron chi connectivity index (χ2n) is 10.2. The molecule has 0 radical (unpaired) electrons. The van der Waals surface area contributed by atoms with Crippen LogP contribution < -0.4 is 10.1 Å². The van der Waals surface area contributed by atoms with Crippen LogP contribution in [0.1, 0.15) is 104 Å². The molecule has 1 aliphatic rings. The molecule has 0 saturated carbocycles. The number of aryl methyl sites for hydroxylation is 1. The van der Waals surface area contributed by atoms with Crippen molar-refractivity contribution in [2.75, 3.05) is 0 Å². The maximum absolute atomic E-state index is 11.2. The van der Waals surface area contributed by atoms with Crippen LogP contribution in [0.25, 0.3) is 0 Å². The summed E-state index contributed by atoms with van der Waals surface area (Å²) in [6.45, 7) is 17.1. The molecule has 0 spiro atoms. The van der Waals surface area contributed by atoms with Crippen LogP contribution in [0.2, 0.25) is 0 Å². The third-order valence-electron chi connectivity index (χ3n) is 6.48. The van der Waals surface area contributed by atoms with Gasteiger partial charge in [0, 0.05) is 17.0 Å². The lowest BCUT2D eigenvalue weighted by atomic mass is 9.73. The highest BCUT2D eigenvalue weighted by atomic mass is 32.1. The van der Waals surface area contributed by atoms with Crippen molar-refractivity contribution in [3.05, 3.63) is 47.1 Å². The first-order chi connectivity index (χ1) is 15.1. The lowest BCUT2D eigenvalue weighted by Gasteiger charge is -2.33. The van der Waals surface area contributed by atoms with E-state index < -0.39 is 0 Å². The second kappa shape index (κ2) is 11.9. The number of phenols is 1. The summed E-state index contributed by atoms with van der Waals surface area (Å²) in [6.07, 6.45) is 10.8. The molecule has 0 bridgehead atoms. The van der Waals surface area contributed by atoms with E-state index in [1.54, 1.807) is 0 Å². The quantitative estimate of drug-likeness (QED) is 0.212. The highest BCUT2D eigenvalue weighted by Crippen LogP contribution is 2.47. The van der Waals surface area contributed by atoms with Crippen LogP contribution in [0.3, 0.4) is 0 Å². The van der Waals surface area contributed by atoms with Gasteiger partial charge in [-0.25, -0.2) is 0 Å². The molecule has 1 aromatic rings. The van der Waals surface area contributed by atoms with Gasteiger partial charge >= 0.3 is 0 Å². The Morgan fingerprint density at radius 3 is 2.59 bits per heavy atom. The zero-order valence-corrected chi connectivity index (χ0v) is 21.8. The molecule has 32 heavy (non-hydrogen) atoms. The summed E-state index contributed by atoms with van der Waals surface area (Å²) in [5.41, 5.74) is 4.26. The molecule has 2 rings (SSSR count). The predicted molar refractivity (Wildman–Crippen MR) is 141 cm³/mol. The smallest absolute Gasteiger partial charge is 0.262 e. The molecule has 1 aliphatic carbocycles. The Morgan fingerprint density at radius 2 is 1.97 bits per heavy atom. The van der Waals surface area contributed by atoms with E-state index in [0.29, 0.717) is 16.7 Å². The van der Waals surface area contributed by atoms with Crippen molar-refractivity contribution >= 4 is 17.4 Å². The molecule has 0 heterocycles. The van der Waals surface area contributed by atoms with Crippen molar-refractivity contribution in [1.82, 2.24) is 5.32 Å². The Bertz CT molecular complexity index is 840. The minimum atomic E-state index is -0.144. The van der Waals surface area contributed by atoms with Gasteiger partial charge in [0.1, 0.15) is 11.5 Å². The zero-order chi connectivity index (χ0) is 23.9.